The van der Waals surface area contributed by atoms with Crippen LogP contribution in [0.4, 0.5) is 8.78 Å². The molecule has 4 heteroatoms. The first-order valence-corrected chi connectivity index (χ1v) is 12.6. The quantitative estimate of drug-likeness (QED) is 0.349. The predicted octanol–water partition coefficient (Wildman–Crippen LogP) is 7.27. The molecule has 0 saturated heterocycles. The molecule has 0 spiro atoms. The van der Waals surface area contributed by atoms with Gasteiger partial charge < -0.3 is 4.74 Å². The van der Waals surface area contributed by atoms with Gasteiger partial charge >= 0.3 is 5.97 Å². The molecule has 5 unspecified atom stereocenters. The highest BCUT2D eigenvalue weighted by Gasteiger charge is 2.39. The SMILES string of the molecule is CCCCCC1CCC2CC(C3CCc4cc(C(=O)OC)c(F)c(F)c4C3)CCC2C1. The van der Waals surface area contributed by atoms with Crippen molar-refractivity contribution < 1.29 is 18.3 Å². The number of aryl methyl sites for hydroxylation is 1. The Morgan fingerprint density at radius 2 is 1.68 bits per heavy atom. The third-order valence-corrected chi connectivity index (χ3v) is 8.70. The van der Waals surface area contributed by atoms with Crippen LogP contribution in [0.5, 0.6) is 0 Å². The maximum Gasteiger partial charge on any atom is 0.340 e. The lowest BCUT2D eigenvalue weighted by molar-refractivity contribution is 0.0593. The third-order valence-electron chi connectivity index (χ3n) is 8.70. The summed E-state index contributed by atoms with van der Waals surface area (Å²) in [6, 6.07) is 1.52. The Balaban J connectivity index is 1.38. The van der Waals surface area contributed by atoms with Crippen LogP contribution >= 0.6 is 0 Å². The fraction of sp³-hybridized carbons (Fsp3) is 0.741. The van der Waals surface area contributed by atoms with E-state index in [0.717, 1.165) is 36.2 Å². The summed E-state index contributed by atoms with van der Waals surface area (Å²) in [5, 5.41) is 0. The molecule has 2 nitrogen and oxygen atoms in total. The maximum absolute atomic E-state index is 14.8. The van der Waals surface area contributed by atoms with Crippen LogP contribution in [-0.2, 0) is 17.6 Å². The van der Waals surface area contributed by atoms with Gasteiger partial charge in [-0.1, -0.05) is 39.0 Å². The molecule has 0 bridgehead atoms. The number of methoxy groups -OCH3 is 1. The van der Waals surface area contributed by atoms with Crippen molar-refractivity contribution in [1.29, 1.82) is 0 Å². The molecule has 3 aliphatic rings. The first kappa shape index (κ1) is 22.7. The molecule has 0 amide bonds. The summed E-state index contributed by atoms with van der Waals surface area (Å²) in [5.41, 5.74) is 1.02. The van der Waals surface area contributed by atoms with Crippen LogP contribution in [0.1, 0.15) is 99.0 Å². The number of carbonyl (C=O) groups is 1. The normalized spacial score (nSPS) is 30.4. The number of carbonyl (C=O) groups excluding carboxylic acids is 1. The first-order valence-electron chi connectivity index (χ1n) is 12.6. The van der Waals surface area contributed by atoms with Gasteiger partial charge in [-0.05, 0) is 98.1 Å². The molecule has 4 rings (SSSR count). The summed E-state index contributed by atoms with van der Waals surface area (Å²) in [6.07, 6.45) is 15.9. The molecule has 0 radical (unpaired) electrons. The summed E-state index contributed by atoms with van der Waals surface area (Å²) >= 11 is 0. The molecule has 0 heterocycles. The number of hydrogen-bond donors (Lipinski definition) is 0. The maximum atomic E-state index is 14.8. The standard InChI is InChI=1S/C27H38F2O2/c1-3-4-5-6-17-7-8-19-14-20(10-9-18(19)13-17)21-11-12-22-16-24(27(30)31-2)26(29)25(28)23(22)15-21/h16-21H,3-15H2,1-2H3. The van der Waals surface area contributed by atoms with Gasteiger partial charge in [-0.25, -0.2) is 13.6 Å². The Hall–Kier alpha value is -1.45. The molecule has 2 fully saturated rings. The highest BCUT2D eigenvalue weighted by atomic mass is 19.2. The summed E-state index contributed by atoms with van der Waals surface area (Å²) in [5.74, 6) is 1.06. The second-order valence-electron chi connectivity index (χ2n) is 10.5. The molecule has 5 atom stereocenters. The van der Waals surface area contributed by atoms with E-state index in [1.165, 1.54) is 77.4 Å². The zero-order chi connectivity index (χ0) is 22.0. The largest absolute Gasteiger partial charge is 0.465 e. The molecule has 3 aliphatic carbocycles. The minimum Gasteiger partial charge on any atom is -0.465 e. The molecule has 2 saturated carbocycles. The van der Waals surface area contributed by atoms with Crippen molar-refractivity contribution in [2.45, 2.75) is 90.4 Å². The molecule has 1 aromatic carbocycles. The molecule has 31 heavy (non-hydrogen) atoms. The molecule has 0 aliphatic heterocycles. The number of esters is 1. The van der Waals surface area contributed by atoms with Crippen LogP contribution in [0, 0.1) is 41.2 Å². The zero-order valence-corrected chi connectivity index (χ0v) is 19.2. The average Bonchev–Trinajstić information content (AvgIpc) is 2.80. The van der Waals surface area contributed by atoms with E-state index in [2.05, 4.69) is 11.7 Å². The Bertz CT molecular complexity index is 790. The van der Waals surface area contributed by atoms with Crippen LogP contribution in [0.25, 0.3) is 0 Å². The number of ether oxygens (including phenoxy) is 1. The van der Waals surface area contributed by atoms with Crippen molar-refractivity contribution in [3.05, 3.63) is 34.4 Å². The lowest BCUT2D eigenvalue weighted by atomic mass is 9.60. The zero-order valence-electron chi connectivity index (χ0n) is 19.2. The van der Waals surface area contributed by atoms with E-state index >= 15 is 0 Å². The lowest BCUT2D eigenvalue weighted by Crippen LogP contribution is -2.35. The van der Waals surface area contributed by atoms with Gasteiger partial charge in [0.15, 0.2) is 11.6 Å². The lowest BCUT2D eigenvalue weighted by Gasteiger charge is -2.45. The van der Waals surface area contributed by atoms with Crippen LogP contribution in [0.2, 0.25) is 0 Å². The van der Waals surface area contributed by atoms with Gasteiger partial charge in [0.1, 0.15) is 0 Å². The number of unbranched alkanes of at least 4 members (excludes halogenated alkanes) is 2. The van der Waals surface area contributed by atoms with Crippen LogP contribution in [-0.4, -0.2) is 13.1 Å². The summed E-state index contributed by atoms with van der Waals surface area (Å²) in [4.78, 5) is 11.8. The van der Waals surface area contributed by atoms with E-state index in [-0.39, 0.29) is 5.56 Å². The highest BCUT2D eigenvalue weighted by molar-refractivity contribution is 5.90. The third kappa shape index (κ3) is 4.83. The number of benzene rings is 1. The van der Waals surface area contributed by atoms with Crippen LogP contribution < -0.4 is 0 Å². The number of fused-ring (bicyclic) bond motifs is 2. The average molecular weight is 433 g/mol. The van der Waals surface area contributed by atoms with Crippen molar-refractivity contribution in [2.24, 2.45) is 29.6 Å². The number of hydrogen-bond acceptors (Lipinski definition) is 2. The Morgan fingerprint density at radius 3 is 2.42 bits per heavy atom. The van der Waals surface area contributed by atoms with Gasteiger partial charge in [-0.3, -0.25) is 0 Å². The van der Waals surface area contributed by atoms with Gasteiger partial charge in [-0.15, -0.1) is 0 Å². The van der Waals surface area contributed by atoms with Crippen molar-refractivity contribution in [2.75, 3.05) is 7.11 Å². The van der Waals surface area contributed by atoms with Crippen LogP contribution in [0.15, 0.2) is 6.07 Å². The van der Waals surface area contributed by atoms with Gasteiger partial charge in [0.25, 0.3) is 0 Å². The highest BCUT2D eigenvalue weighted by Crippen LogP contribution is 2.49. The van der Waals surface area contributed by atoms with E-state index < -0.39 is 17.6 Å². The van der Waals surface area contributed by atoms with Gasteiger partial charge in [0, 0.05) is 0 Å². The van der Waals surface area contributed by atoms with Crippen molar-refractivity contribution in [1.82, 2.24) is 0 Å². The molecular formula is C27H38F2O2. The van der Waals surface area contributed by atoms with Gasteiger partial charge in [0.2, 0.25) is 0 Å². The van der Waals surface area contributed by atoms with Gasteiger partial charge in [-0.2, -0.15) is 0 Å². The van der Waals surface area contributed by atoms with E-state index in [4.69, 9.17) is 0 Å². The van der Waals surface area contributed by atoms with Crippen molar-refractivity contribution >= 4 is 5.97 Å². The van der Waals surface area contributed by atoms with Gasteiger partial charge in [0.05, 0.1) is 12.7 Å². The van der Waals surface area contributed by atoms with E-state index in [1.807, 2.05) is 0 Å². The second-order valence-corrected chi connectivity index (χ2v) is 10.5. The minimum absolute atomic E-state index is 0.270. The fourth-order valence-electron chi connectivity index (χ4n) is 6.92. The minimum atomic E-state index is -1.05. The topological polar surface area (TPSA) is 26.3 Å². The summed E-state index contributed by atoms with van der Waals surface area (Å²) < 4.78 is 33.9. The monoisotopic (exact) mass is 432 g/mol. The molecule has 0 N–H and O–H groups in total. The molecule has 1 aromatic rings. The predicted molar refractivity (Wildman–Crippen MR) is 119 cm³/mol. The number of rotatable bonds is 6. The summed E-state index contributed by atoms with van der Waals surface area (Å²) in [6.45, 7) is 2.28. The number of halogens is 2. The van der Waals surface area contributed by atoms with Crippen molar-refractivity contribution in [3.8, 4) is 0 Å². The second kappa shape index (κ2) is 10.0. The van der Waals surface area contributed by atoms with E-state index in [1.54, 1.807) is 0 Å². The fourth-order valence-corrected chi connectivity index (χ4v) is 6.92. The molecular weight excluding hydrogens is 394 g/mol. The smallest absolute Gasteiger partial charge is 0.340 e. The first-order chi connectivity index (χ1) is 15.0. The Kier molecular flexibility index (Phi) is 7.33. The van der Waals surface area contributed by atoms with E-state index in [0.29, 0.717) is 23.8 Å². The van der Waals surface area contributed by atoms with Crippen molar-refractivity contribution in [3.63, 3.8) is 0 Å². The molecule has 172 valence electrons. The Labute approximate surface area is 186 Å². The van der Waals surface area contributed by atoms with E-state index in [9.17, 15) is 13.6 Å². The van der Waals surface area contributed by atoms with Crippen LogP contribution in [0.3, 0.4) is 0 Å². The Morgan fingerprint density at radius 1 is 0.968 bits per heavy atom. The molecule has 0 aromatic heterocycles. The summed E-state index contributed by atoms with van der Waals surface area (Å²) in [7, 11) is 1.20.